The monoisotopic (exact) mass is 268 g/mol. The maximum absolute atomic E-state index is 13.4. The third kappa shape index (κ3) is 3.66. The van der Waals surface area contributed by atoms with Gasteiger partial charge in [0.25, 0.3) is 0 Å². The molecule has 1 aromatic rings. The lowest BCUT2D eigenvalue weighted by atomic mass is 10.0. The van der Waals surface area contributed by atoms with Gasteiger partial charge in [-0.15, -0.1) is 0 Å². The highest BCUT2D eigenvalue weighted by Crippen LogP contribution is 2.24. The molecular weight excluding hydrogens is 251 g/mol. The Bertz CT molecular complexity index is 448. The Morgan fingerprint density at radius 2 is 1.83 bits per heavy atom. The molecule has 0 aliphatic rings. The Labute approximate surface area is 111 Å². The summed E-state index contributed by atoms with van der Waals surface area (Å²) in [7, 11) is 0. The minimum absolute atomic E-state index is 0.231. The number of guanidine groups is 1. The highest BCUT2D eigenvalue weighted by Gasteiger charge is 2.10. The van der Waals surface area contributed by atoms with E-state index in [0.717, 1.165) is 16.8 Å². The molecule has 0 aliphatic heterocycles. The van der Waals surface area contributed by atoms with Crippen LogP contribution in [0.3, 0.4) is 0 Å². The topological polar surface area (TPSA) is 73.9 Å². The molecule has 0 atom stereocenters. The summed E-state index contributed by atoms with van der Waals surface area (Å²) in [6, 6.07) is 2.97. The highest BCUT2D eigenvalue weighted by atomic mass is 32.1. The van der Waals surface area contributed by atoms with E-state index in [0.29, 0.717) is 12.8 Å². The van der Waals surface area contributed by atoms with Crippen LogP contribution in [0.5, 0.6) is 0 Å². The average molecular weight is 268 g/mol. The average Bonchev–Trinajstić information content (AvgIpc) is 2.29. The summed E-state index contributed by atoms with van der Waals surface area (Å²) in [5.41, 5.74) is 7.68. The molecule has 18 heavy (non-hydrogen) atoms. The molecule has 0 aromatic heterocycles. The van der Waals surface area contributed by atoms with E-state index in [1.54, 1.807) is 0 Å². The van der Waals surface area contributed by atoms with Gasteiger partial charge >= 0.3 is 0 Å². The van der Waals surface area contributed by atoms with Crippen LogP contribution in [0.1, 0.15) is 25.0 Å². The van der Waals surface area contributed by atoms with Crippen molar-refractivity contribution in [2.75, 3.05) is 5.32 Å². The number of thiocarbonyl (C=S) groups is 1. The fourth-order valence-corrected chi connectivity index (χ4v) is 1.92. The second kappa shape index (κ2) is 6.30. The molecule has 0 heterocycles. The number of rotatable bonds is 3. The molecule has 4 nitrogen and oxygen atoms in total. The van der Waals surface area contributed by atoms with Gasteiger partial charge in [-0.25, -0.2) is 4.39 Å². The van der Waals surface area contributed by atoms with Gasteiger partial charge in [0.2, 0.25) is 0 Å². The van der Waals surface area contributed by atoms with Crippen molar-refractivity contribution in [2.45, 2.75) is 26.7 Å². The number of halogens is 1. The van der Waals surface area contributed by atoms with Crippen molar-refractivity contribution >= 4 is 29.0 Å². The van der Waals surface area contributed by atoms with Crippen LogP contribution in [0.15, 0.2) is 12.1 Å². The van der Waals surface area contributed by atoms with Gasteiger partial charge in [-0.3, -0.25) is 5.41 Å². The van der Waals surface area contributed by atoms with E-state index < -0.39 is 0 Å². The van der Waals surface area contributed by atoms with Crippen LogP contribution >= 0.6 is 12.2 Å². The number of anilines is 1. The Kier molecular flexibility index (Phi) is 5.03. The second-order valence-electron chi connectivity index (χ2n) is 3.80. The molecule has 0 radical (unpaired) electrons. The van der Waals surface area contributed by atoms with Crippen molar-refractivity contribution in [1.82, 2.24) is 5.32 Å². The summed E-state index contributed by atoms with van der Waals surface area (Å²) < 4.78 is 13.4. The van der Waals surface area contributed by atoms with Crippen molar-refractivity contribution in [3.8, 4) is 0 Å². The molecule has 0 bridgehead atoms. The van der Waals surface area contributed by atoms with E-state index >= 15 is 0 Å². The molecule has 98 valence electrons. The maximum atomic E-state index is 13.4. The molecule has 0 spiro atoms. The molecule has 0 saturated carbocycles. The van der Waals surface area contributed by atoms with Gasteiger partial charge in [0.05, 0.1) is 0 Å². The summed E-state index contributed by atoms with van der Waals surface area (Å²) in [5.74, 6) is -0.481. The molecule has 0 fully saturated rings. The summed E-state index contributed by atoms with van der Waals surface area (Å²) in [4.78, 5) is 0. The minimum atomic E-state index is -0.250. The van der Waals surface area contributed by atoms with Crippen molar-refractivity contribution < 1.29 is 4.39 Å². The van der Waals surface area contributed by atoms with Gasteiger partial charge in [0.15, 0.2) is 11.1 Å². The maximum Gasteiger partial charge on any atom is 0.192 e. The predicted molar refractivity (Wildman–Crippen MR) is 76.4 cm³/mol. The summed E-state index contributed by atoms with van der Waals surface area (Å²) in [5, 5.41) is 12.8. The van der Waals surface area contributed by atoms with Crippen LogP contribution in [-0.2, 0) is 12.8 Å². The zero-order valence-corrected chi connectivity index (χ0v) is 11.2. The zero-order valence-electron chi connectivity index (χ0n) is 10.4. The third-order valence-corrected chi connectivity index (χ3v) is 2.72. The van der Waals surface area contributed by atoms with Gasteiger partial charge in [0.1, 0.15) is 5.82 Å². The number of hydrogen-bond acceptors (Lipinski definition) is 2. The van der Waals surface area contributed by atoms with E-state index in [1.807, 2.05) is 13.8 Å². The van der Waals surface area contributed by atoms with Crippen molar-refractivity contribution in [2.24, 2.45) is 5.73 Å². The minimum Gasteiger partial charge on any atom is -0.370 e. The second-order valence-corrected chi connectivity index (χ2v) is 4.21. The Morgan fingerprint density at radius 3 is 2.22 bits per heavy atom. The van der Waals surface area contributed by atoms with E-state index in [9.17, 15) is 4.39 Å². The number of benzene rings is 1. The quantitative estimate of drug-likeness (QED) is 0.385. The lowest BCUT2D eigenvalue weighted by Crippen LogP contribution is -2.38. The lowest BCUT2D eigenvalue weighted by Gasteiger charge is -2.16. The first-order chi connectivity index (χ1) is 8.47. The Hall–Kier alpha value is -1.69. The number of nitrogens with one attached hydrogen (secondary N) is 3. The predicted octanol–water partition coefficient (Wildman–Crippen LogP) is 2.13. The first kappa shape index (κ1) is 14.4. The van der Waals surface area contributed by atoms with Crippen molar-refractivity contribution in [3.63, 3.8) is 0 Å². The van der Waals surface area contributed by atoms with E-state index in [-0.39, 0.29) is 16.9 Å². The van der Waals surface area contributed by atoms with E-state index in [2.05, 4.69) is 10.6 Å². The summed E-state index contributed by atoms with van der Waals surface area (Å²) in [6.45, 7) is 3.89. The van der Waals surface area contributed by atoms with Crippen LogP contribution in [0.2, 0.25) is 0 Å². The van der Waals surface area contributed by atoms with Gasteiger partial charge in [-0.05, 0) is 48.3 Å². The van der Waals surface area contributed by atoms with Crippen molar-refractivity contribution in [3.05, 3.63) is 29.1 Å². The number of hydrogen-bond donors (Lipinski definition) is 4. The van der Waals surface area contributed by atoms with Crippen LogP contribution in [-0.4, -0.2) is 11.1 Å². The van der Waals surface area contributed by atoms with Crippen LogP contribution in [0, 0.1) is 11.2 Å². The van der Waals surface area contributed by atoms with Crippen molar-refractivity contribution in [1.29, 1.82) is 5.41 Å². The van der Waals surface area contributed by atoms with Crippen LogP contribution in [0.4, 0.5) is 10.1 Å². The molecular formula is C12H17FN4S. The molecule has 0 saturated heterocycles. The normalized spacial score (nSPS) is 9.94. The molecule has 1 aromatic carbocycles. The summed E-state index contributed by atoms with van der Waals surface area (Å²) >= 11 is 5.02. The zero-order chi connectivity index (χ0) is 13.7. The molecule has 1 rings (SSSR count). The fraction of sp³-hybridized carbons (Fsp3) is 0.333. The Balaban J connectivity index is 3.05. The van der Waals surface area contributed by atoms with Gasteiger partial charge < -0.3 is 16.4 Å². The highest BCUT2D eigenvalue weighted by molar-refractivity contribution is 7.80. The third-order valence-electron chi connectivity index (χ3n) is 2.51. The van der Waals surface area contributed by atoms with Gasteiger partial charge in [-0.1, -0.05) is 13.8 Å². The van der Waals surface area contributed by atoms with Gasteiger partial charge in [0, 0.05) is 5.69 Å². The summed E-state index contributed by atoms with van der Waals surface area (Å²) in [6.07, 6.45) is 1.38. The molecule has 6 heteroatoms. The molecule has 0 amide bonds. The number of aryl methyl sites for hydroxylation is 2. The number of nitrogens with two attached hydrogens (primary N) is 1. The lowest BCUT2D eigenvalue weighted by molar-refractivity contribution is 0.624. The fourth-order valence-electron chi connectivity index (χ4n) is 1.71. The van der Waals surface area contributed by atoms with Gasteiger partial charge in [-0.2, -0.15) is 0 Å². The SMILES string of the molecule is CCc1cc(F)cc(CC)c1NC(=S)NC(=N)N. The molecule has 5 N–H and O–H groups in total. The molecule has 0 unspecified atom stereocenters. The van der Waals surface area contributed by atoms with Crippen LogP contribution < -0.4 is 16.4 Å². The first-order valence-electron chi connectivity index (χ1n) is 5.71. The van der Waals surface area contributed by atoms with Crippen LogP contribution in [0.25, 0.3) is 0 Å². The standard InChI is InChI=1S/C12H17FN4S/c1-3-7-5-9(13)6-8(4-2)10(7)16-12(18)17-11(14)15/h5-6H,3-4H2,1-2H3,(H5,14,15,16,17,18). The smallest absolute Gasteiger partial charge is 0.192 e. The largest absolute Gasteiger partial charge is 0.370 e. The van der Waals surface area contributed by atoms with E-state index in [1.165, 1.54) is 12.1 Å². The first-order valence-corrected chi connectivity index (χ1v) is 6.12. The van der Waals surface area contributed by atoms with E-state index in [4.69, 9.17) is 23.4 Å². The molecule has 0 aliphatic carbocycles. The Morgan fingerprint density at radius 1 is 1.33 bits per heavy atom.